The molecule has 0 aliphatic carbocycles. The van der Waals surface area contributed by atoms with Crippen LogP contribution in [0.25, 0.3) is 27.5 Å². The smallest absolute Gasteiger partial charge is 0.0648 e. The van der Waals surface area contributed by atoms with Crippen molar-refractivity contribution >= 4 is 33.4 Å². The number of aromatic nitrogens is 1. The van der Waals surface area contributed by atoms with Crippen molar-refractivity contribution in [1.82, 2.24) is 4.57 Å². The third kappa shape index (κ3) is 1.93. The van der Waals surface area contributed by atoms with Crippen LogP contribution in [0.1, 0.15) is 11.1 Å². The zero-order valence-corrected chi connectivity index (χ0v) is 13.4. The van der Waals surface area contributed by atoms with Crippen molar-refractivity contribution in [3.63, 3.8) is 0 Å². The van der Waals surface area contributed by atoms with Crippen molar-refractivity contribution < 1.29 is 0 Å². The Morgan fingerprint density at radius 2 is 1.45 bits per heavy atom. The molecule has 0 saturated carbocycles. The number of nitrogens with zero attached hydrogens (tertiary/aromatic N) is 1. The predicted octanol–water partition coefficient (Wildman–Crippen LogP) is 6.05. The van der Waals surface area contributed by atoms with Gasteiger partial charge in [-0.25, -0.2) is 0 Å². The highest BCUT2D eigenvalue weighted by Gasteiger charge is 2.14. The van der Waals surface area contributed by atoms with Gasteiger partial charge in [0.05, 0.1) is 21.7 Å². The van der Waals surface area contributed by atoms with Crippen molar-refractivity contribution in [2.24, 2.45) is 0 Å². The molecule has 0 atom stereocenters. The maximum Gasteiger partial charge on any atom is 0.0648 e. The molecule has 1 aromatic heterocycles. The lowest BCUT2D eigenvalue weighted by Crippen LogP contribution is -1.94. The second kappa shape index (κ2) is 4.89. The van der Waals surface area contributed by atoms with Gasteiger partial charge in [-0.3, -0.25) is 0 Å². The van der Waals surface area contributed by atoms with Gasteiger partial charge in [-0.2, -0.15) is 0 Å². The molecule has 108 valence electrons. The molecular weight excluding hydrogens is 290 g/mol. The summed E-state index contributed by atoms with van der Waals surface area (Å²) in [5.74, 6) is 0. The lowest BCUT2D eigenvalue weighted by molar-refractivity contribution is 1.18. The Bertz CT molecular complexity index is 1010. The number of benzene rings is 3. The minimum atomic E-state index is 0.767. The molecule has 4 rings (SSSR count). The summed E-state index contributed by atoms with van der Waals surface area (Å²) in [4.78, 5) is 0. The van der Waals surface area contributed by atoms with Gasteiger partial charge < -0.3 is 4.57 Å². The molecular formula is C20H16ClN. The molecule has 1 heterocycles. The second-order valence-corrected chi connectivity index (χ2v) is 6.24. The van der Waals surface area contributed by atoms with Crippen molar-refractivity contribution in [3.05, 3.63) is 76.8 Å². The highest BCUT2D eigenvalue weighted by molar-refractivity contribution is 6.32. The summed E-state index contributed by atoms with van der Waals surface area (Å²) in [5, 5.41) is 3.31. The largest absolute Gasteiger partial charge is 0.308 e. The van der Waals surface area contributed by atoms with E-state index >= 15 is 0 Å². The molecule has 0 amide bonds. The Morgan fingerprint density at radius 1 is 0.727 bits per heavy atom. The van der Waals surface area contributed by atoms with Crippen molar-refractivity contribution in [1.29, 1.82) is 0 Å². The minimum absolute atomic E-state index is 0.767. The molecule has 0 radical (unpaired) electrons. The normalized spacial score (nSPS) is 11.4. The molecule has 2 heteroatoms. The lowest BCUT2D eigenvalue weighted by Gasteiger charge is -2.10. The first-order valence-electron chi connectivity index (χ1n) is 7.41. The number of aryl methyl sites for hydroxylation is 2. The second-order valence-electron chi connectivity index (χ2n) is 5.83. The topological polar surface area (TPSA) is 4.93 Å². The summed E-state index contributed by atoms with van der Waals surface area (Å²) in [6.07, 6.45) is 0. The van der Waals surface area contributed by atoms with Gasteiger partial charge in [0.1, 0.15) is 0 Å². The van der Waals surface area contributed by atoms with Crippen LogP contribution >= 0.6 is 11.6 Å². The molecule has 0 spiro atoms. The van der Waals surface area contributed by atoms with Crippen molar-refractivity contribution in [2.45, 2.75) is 13.8 Å². The molecule has 0 aliphatic heterocycles. The Balaban J connectivity index is 2.24. The van der Waals surface area contributed by atoms with E-state index in [1.54, 1.807) is 0 Å². The van der Waals surface area contributed by atoms with Gasteiger partial charge in [-0.15, -0.1) is 0 Å². The van der Waals surface area contributed by atoms with E-state index in [1.165, 1.54) is 32.9 Å². The number of halogens is 1. The third-order valence-electron chi connectivity index (χ3n) is 4.17. The Kier molecular flexibility index (Phi) is 2.98. The van der Waals surface area contributed by atoms with E-state index in [0.717, 1.165) is 10.7 Å². The fraction of sp³-hybridized carbons (Fsp3) is 0.100. The van der Waals surface area contributed by atoms with Crippen LogP contribution in [0.5, 0.6) is 0 Å². The van der Waals surface area contributed by atoms with Crippen LogP contribution in [0.2, 0.25) is 5.02 Å². The molecule has 0 N–H and O–H groups in total. The lowest BCUT2D eigenvalue weighted by atomic mass is 10.1. The van der Waals surface area contributed by atoms with Gasteiger partial charge in [-0.05, 0) is 49.7 Å². The van der Waals surface area contributed by atoms with Crippen molar-refractivity contribution in [2.75, 3.05) is 0 Å². The molecule has 0 unspecified atom stereocenters. The molecule has 0 aliphatic rings. The quantitative estimate of drug-likeness (QED) is 0.403. The summed E-state index contributed by atoms with van der Waals surface area (Å²) < 4.78 is 2.26. The number of hydrogen-bond acceptors (Lipinski definition) is 0. The Hall–Kier alpha value is -2.25. The Morgan fingerprint density at radius 3 is 2.27 bits per heavy atom. The van der Waals surface area contributed by atoms with Crippen LogP contribution in [-0.4, -0.2) is 4.57 Å². The summed E-state index contributed by atoms with van der Waals surface area (Å²) in [7, 11) is 0. The van der Waals surface area contributed by atoms with Gasteiger partial charge in [0.2, 0.25) is 0 Å². The van der Waals surface area contributed by atoms with E-state index in [4.69, 9.17) is 11.6 Å². The summed E-state index contributed by atoms with van der Waals surface area (Å²) in [6, 6.07) is 21.2. The first-order valence-corrected chi connectivity index (χ1v) is 7.79. The summed E-state index contributed by atoms with van der Waals surface area (Å²) in [5.41, 5.74) is 5.94. The van der Waals surface area contributed by atoms with Crippen LogP contribution in [-0.2, 0) is 0 Å². The summed E-state index contributed by atoms with van der Waals surface area (Å²) in [6.45, 7) is 4.26. The van der Waals surface area contributed by atoms with Crippen LogP contribution in [0.3, 0.4) is 0 Å². The third-order valence-corrected chi connectivity index (χ3v) is 4.49. The van der Waals surface area contributed by atoms with E-state index in [0.29, 0.717) is 0 Å². The standard InChI is InChI=1S/C20H16ClN/c1-13-8-10-18-16(11-13)15-9-7-14(2)12-20(15)22(18)19-6-4-3-5-17(19)21/h3-12H,1-2H3. The van der Waals surface area contributed by atoms with Crippen LogP contribution in [0.4, 0.5) is 0 Å². The van der Waals surface area contributed by atoms with Crippen molar-refractivity contribution in [3.8, 4) is 5.69 Å². The van der Waals surface area contributed by atoms with Crippen LogP contribution < -0.4 is 0 Å². The fourth-order valence-electron chi connectivity index (χ4n) is 3.14. The van der Waals surface area contributed by atoms with E-state index < -0.39 is 0 Å². The highest BCUT2D eigenvalue weighted by Crippen LogP contribution is 2.35. The highest BCUT2D eigenvalue weighted by atomic mass is 35.5. The average molecular weight is 306 g/mol. The molecule has 1 nitrogen and oxygen atoms in total. The fourth-order valence-corrected chi connectivity index (χ4v) is 3.36. The van der Waals surface area contributed by atoms with Gasteiger partial charge in [0, 0.05) is 10.8 Å². The van der Waals surface area contributed by atoms with E-state index in [1.807, 2.05) is 18.2 Å². The number of fused-ring (bicyclic) bond motifs is 3. The van der Waals surface area contributed by atoms with Gasteiger partial charge in [0.15, 0.2) is 0 Å². The number of hydrogen-bond donors (Lipinski definition) is 0. The van der Waals surface area contributed by atoms with Crippen LogP contribution in [0.15, 0.2) is 60.7 Å². The van der Waals surface area contributed by atoms with E-state index in [-0.39, 0.29) is 0 Å². The molecule has 3 aromatic carbocycles. The molecule has 0 saturated heterocycles. The molecule has 4 aromatic rings. The number of rotatable bonds is 1. The van der Waals surface area contributed by atoms with Gasteiger partial charge >= 0.3 is 0 Å². The van der Waals surface area contributed by atoms with Gasteiger partial charge in [0.25, 0.3) is 0 Å². The Labute approximate surface area is 134 Å². The molecule has 22 heavy (non-hydrogen) atoms. The van der Waals surface area contributed by atoms with E-state index in [9.17, 15) is 0 Å². The molecule has 0 bridgehead atoms. The zero-order chi connectivity index (χ0) is 15.3. The first kappa shape index (κ1) is 13.4. The summed E-state index contributed by atoms with van der Waals surface area (Å²) >= 11 is 6.47. The maximum absolute atomic E-state index is 6.47. The number of para-hydroxylation sites is 1. The SMILES string of the molecule is Cc1ccc2c(c1)c1ccc(C)cc1n2-c1ccccc1Cl. The predicted molar refractivity (Wildman–Crippen MR) is 95.3 cm³/mol. The van der Waals surface area contributed by atoms with E-state index in [2.05, 4.69) is 60.9 Å². The monoisotopic (exact) mass is 305 g/mol. The maximum atomic E-state index is 6.47. The van der Waals surface area contributed by atoms with Crippen LogP contribution in [0, 0.1) is 13.8 Å². The average Bonchev–Trinajstić information content (AvgIpc) is 2.80. The minimum Gasteiger partial charge on any atom is -0.308 e. The first-order chi connectivity index (χ1) is 10.6. The van der Waals surface area contributed by atoms with Gasteiger partial charge in [-0.1, -0.05) is 47.5 Å². The zero-order valence-electron chi connectivity index (χ0n) is 12.6. The molecule has 0 fully saturated rings.